The number of hydrogen-bond acceptors (Lipinski definition) is 6. The lowest BCUT2D eigenvalue weighted by Gasteiger charge is -2.21. The summed E-state index contributed by atoms with van der Waals surface area (Å²) >= 11 is 0. The largest absolute Gasteiger partial charge is 0.497 e. The van der Waals surface area contributed by atoms with E-state index in [1.54, 1.807) is 7.11 Å². The van der Waals surface area contributed by atoms with Crippen LogP contribution in [0, 0.1) is 0 Å². The van der Waals surface area contributed by atoms with Gasteiger partial charge in [-0.15, -0.1) is 0 Å². The van der Waals surface area contributed by atoms with Crippen LogP contribution in [0.2, 0.25) is 0 Å². The van der Waals surface area contributed by atoms with Gasteiger partial charge in [0.15, 0.2) is 11.5 Å². The highest BCUT2D eigenvalue weighted by molar-refractivity contribution is 5.87. The maximum Gasteiger partial charge on any atom is 0.410 e. The van der Waals surface area contributed by atoms with Gasteiger partial charge in [0.1, 0.15) is 18.4 Å². The zero-order valence-electron chi connectivity index (χ0n) is 15.3. The first-order valence-electron chi connectivity index (χ1n) is 8.86. The zero-order chi connectivity index (χ0) is 19.5. The number of carbonyl (C=O) groups is 2. The van der Waals surface area contributed by atoms with Crippen LogP contribution in [0.1, 0.15) is 11.1 Å². The van der Waals surface area contributed by atoms with E-state index in [0.717, 1.165) is 16.9 Å². The Morgan fingerprint density at radius 1 is 1.11 bits per heavy atom. The molecular weight excluding hydrogens is 364 g/mol. The lowest BCUT2D eigenvalue weighted by Crippen LogP contribution is -2.45. The fourth-order valence-electron chi connectivity index (χ4n) is 3.13. The van der Waals surface area contributed by atoms with E-state index in [0.29, 0.717) is 18.0 Å². The number of cyclic esters (lactones) is 1. The van der Waals surface area contributed by atoms with Gasteiger partial charge in [0, 0.05) is 6.54 Å². The van der Waals surface area contributed by atoms with Crippen molar-refractivity contribution in [1.29, 1.82) is 0 Å². The van der Waals surface area contributed by atoms with Crippen molar-refractivity contribution < 1.29 is 28.5 Å². The molecule has 28 heavy (non-hydrogen) atoms. The number of nitrogens with one attached hydrogen (secondary N) is 1. The van der Waals surface area contributed by atoms with Gasteiger partial charge >= 0.3 is 6.09 Å². The Hall–Kier alpha value is -3.42. The van der Waals surface area contributed by atoms with Crippen LogP contribution in [0.3, 0.4) is 0 Å². The molecule has 2 heterocycles. The van der Waals surface area contributed by atoms with Gasteiger partial charge in [-0.25, -0.2) is 4.79 Å². The summed E-state index contributed by atoms with van der Waals surface area (Å²) in [5, 5.41) is 2.86. The molecule has 2 aliphatic rings. The first-order chi connectivity index (χ1) is 13.6. The van der Waals surface area contributed by atoms with Gasteiger partial charge in [-0.05, 0) is 35.4 Å². The summed E-state index contributed by atoms with van der Waals surface area (Å²) < 4.78 is 20.9. The monoisotopic (exact) mass is 384 g/mol. The SMILES string of the molecule is COc1ccc(CN2C(=O)OC[C@H]2C(=O)NCc2ccc3c(c2)OCO3)cc1. The minimum Gasteiger partial charge on any atom is -0.497 e. The minimum absolute atomic E-state index is 0.0297. The van der Waals surface area contributed by atoms with Gasteiger partial charge in [-0.1, -0.05) is 18.2 Å². The molecule has 2 aromatic rings. The van der Waals surface area contributed by atoms with Crippen LogP contribution in [0.4, 0.5) is 4.79 Å². The summed E-state index contributed by atoms with van der Waals surface area (Å²) in [5.74, 6) is 1.81. The maximum absolute atomic E-state index is 12.6. The molecule has 0 bridgehead atoms. The predicted molar refractivity (Wildman–Crippen MR) is 98.1 cm³/mol. The highest BCUT2D eigenvalue weighted by atomic mass is 16.7. The molecule has 1 fully saturated rings. The molecule has 0 unspecified atom stereocenters. The lowest BCUT2D eigenvalue weighted by atomic mass is 10.1. The Morgan fingerprint density at radius 2 is 1.86 bits per heavy atom. The molecule has 1 atom stereocenters. The lowest BCUT2D eigenvalue weighted by molar-refractivity contribution is -0.125. The van der Waals surface area contributed by atoms with Crippen molar-refractivity contribution in [2.75, 3.05) is 20.5 Å². The smallest absolute Gasteiger partial charge is 0.410 e. The number of fused-ring (bicyclic) bond motifs is 1. The maximum atomic E-state index is 12.6. The van der Waals surface area contributed by atoms with Crippen LogP contribution in [0.5, 0.6) is 17.2 Å². The first-order valence-corrected chi connectivity index (χ1v) is 8.86. The second kappa shape index (κ2) is 7.67. The molecule has 0 radical (unpaired) electrons. The summed E-state index contributed by atoms with van der Waals surface area (Å²) in [7, 11) is 1.59. The van der Waals surface area contributed by atoms with Crippen LogP contribution in [-0.4, -0.2) is 43.5 Å². The van der Waals surface area contributed by atoms with E-state index in [1.807, 2.05) is 42.5 Å². The first kappa shape index (κ1) is 18.0. The fourth-order valence-corrected chi connectivity index (χ4v) is 3.13. The number of carbonyl (C=O) groups excluding carboxylic acids is 2. The summed E-state index contributed by atoms with van der Waals surface area (Å²) in [5.41, 5.74) is 1.76. The van der Waals surface area contributed by atoms with Crippen molar-refractivity contribution in [3.63, 3.8) is 0 Å². The van der Waals surface area contributed by atoms with Gasteiger partial charge in [-0.2, -0.15) is 0 Å². The van der Waals surface area contributed by atoms with Crippen LogP contribution in [0.15, 0.2) is 42.5 Å². The van der Waals surface area contributed by atoms with Gasteiger partial charge in [0.05, 0.1) is 13.7 Å². The molecule has 8 heteroatoms. The topological polar surface area (TPSA) is 86.3 Å². The predicted octanol–water partition coefficient (Wildman–Crippen LogP) is 2.06. The van der Waals surface area contributed by atoms with E-state index in [9.17, 15) is 9.59 Å². The standard InChI is InChI=1S/C20H20N2O6/c1-25-15-5-2-13(3-6-15)10-22-16(11-26-20(22)24)19(23)21-9-14-4-7-17-18(8-14)28-12-27-17/h2-8,16H,9-12H2,1H3,(H,21,23)/t16-/m0/s1. The molecule has 2 amide bonds. The Kier molecular flexibility index (Phi) is 4.92. The fraction of sp³-hybridized carbons (Fsp3) is 0.300. The normalized spacial score (nSPS) is 17.4. The second-order valence-corrected chi connectivity index (χ2v) is 6.47. The molecular formula is C20H20N2O6. The van der Waals surface area contributed by atoms with E-state index in [2.05, 4.69) is 5.32 Å². The Labute approximate surface area is 161 Å². The number of methoxy groups -OCH3 is 1. The van der Waals surface area contributed by atoms with E-state index in [1.165, 1.54) is 4.90 Å². The Morgan fingerprint density at radius 3 is 2.64 bits per heavy atom. The average Bonchev–Trinajstić information content (AvgIpc) is 3.33. The van der Waals surface area contributed by atoms with Crippen LogP contribution in [-0.2, 0) is 22.6 Å². The van der Waals surface area contributed by atoms with E-state index in [4.69, 9.17) is 18.9 Å². The number of rotatable bonds is 6. The van der Waals surface area contributed by atoms with Gasteiger partial charge < -0.3 is 24.3 Å². The van der Waals surface area contributed by atoms with E-state index in [-0.39, 0.29) is 25.9 Å². The van der Waals surface area contributed by atoms with Crippen molar-refractivity contribution in [3.05, 3.63) is 53.6 Å². The highest BCUT2D eigenvalue weighted by Gasteiger charge is 2.37. The summed E-state index contributed by atoms with van der Waals surface area (Å²) in [6, 6.07) is 12.1. The number of hydrogen-bond donors (Lipinski definition) is 1. The quantitative estimate of drug-likeness (QED) is 0.821. The van der Waals surface area contributed by atoms with E-state index >= 15 is 0 Å². The van der Waals surface area contributed by atoms with Gasteiger partial charge in [-0.3, -0.25) is 9.69 Å². The molecule has 8 nitrogen and oxygen atoms in total. The van der Waals surface area contributed by atoms with Crippen LogP contribution < -0.4 is 19.5 Å². The molecule has 2 aliphatic heterocycles. The van der Waals surface area contributed by atoms with Crippen molar-refractivity contribution in [2.45, 2.75) is 19.1 Å². The summed E-state index contributed by atoms with van der Waals surface area (Å²) in [6.45, 7) is 0.830. The Bertz CT molecular complexity index is 883. The highest BCUT2D eigenvalue weighted by Crippen LogP contribution is 2.32. The average molecular weight is 384 g/mol. The molecule has 146 valence electrons. The molecule has 0 aromatic heterocycles. The molecule has 4 rings (SSSR count). The molecule has 0 aliphatic carbocycles. The molecule has 2 aromatic carbocycles. The summed E-state index contributed by atoms with van der Waals surface area (Å²) in [6.07, 6.45) is -0.501. The molecule has 0 spiro atoms. The number of ether oxygens (including phenoxy) is 4. The number of benzene rings is 2. The summed E-state index contributed by atoms with van der Waals surface area (Å²) in [4.78, 5) is 26.2. The molecule has 0 saturated carbocycles. The third kappa shape index (κ3) is 3.66. The van der Waals surface area contributed by atoms with Crippen molar-refractivity contribution in [2.24, 2.45) is 0 Å². The van der Waals surface area contributed by atoms with Gasteiger partial charge in [0.2, 0.25) is 12.7 Å². The van der Waals surface area contributed by atoms with Crippen molar-refractivity contribution in [1.82, 2.24) is 10.2 Å². The minimum atomic E-state index is -0.677. The molecule has 1 saturated heterocycles. The molecule has 1 N–H and O–H groups in total. The zero-order valence-corrected chi connectivity index (χ0v) is 15.3. The number of nitrogens with zero attached hydrogens (tertiary/aromatic N) is 1. The van der Waals surface area contributed by atoms with E-state index < -0.39 is 12.1 Å². The second-order valence-electron chi connectivity index (χ2n) is 6.47. The third-order valence-electron chi connectivity index (χ3n) is 4.69. The Balaban J connectivity index is 1.38. The third-order valence-corrected chi connectivity index (χ3v) is 4.69. The van der Waals surface area contributed by atoms with Crippen molar-refractivity contribution in [3.8, 4) is 17.2 Å². The van der Waals surface area contributed by atoms with Crippen LogP contribution in [0.25, 0.3) is 0 Å². The van der Waals surface area contributed by atoms with Gasteiger partial charge in [0.25, 0.3) is 0 Å². The van der Waals surface area contributed by atoms with Crippen molar-refractivity contribution >= 4 is 12.0 Å². The number of amides is 2. The van der Waals surface area contributed by atoms with Crippen LogP contribution >= 0.6 is 0 Å².